The van der Waals surface area contributed by atoms with Crippen molar-refractivity contribution in [2.24, 2.45) is 0 Å². The maximum Gasteiger partial charge on any atom is 0.251 e. The van der Waals surface area contributed by atoms with Gasteiger partial charge in [-0.3, -0.25) is 9.69 Å². The molecule has 1 atom stereocenters. The number of rotatable bonds is 5. The summed E-state index contributed by atoms with van der Waals surface area (Å²) in [5, 5.41) is 3.17. The highest BCUT2D eigenvalue weighted by Gasteiger charge is 2.24. The van der Waals surface area contributed by atoms with Gasteiger partial charge in [0.1, 0.15) is 0 Å². The molecule has 0 bridgehead atoms. The van der Waals surface area contributed by atoms with Crippen molar-refractivity contribution in [1.29, 1.82) is 0 Å². The van der Waals surface area contributed by atoms with Crippen LogP contribution in [0.3, 0.4) is 0 Å². The van der Waals surface area contributed by atoms with Gasteiger partial charge in [0.2, 0.25) is 0 Å². The fourth-order valence-corrected chi connectivity index (χ4v) is 3.49. The van der Waals surface area contributed by atoms with E-state index in [9.17, 15) is 4.79 Å². The van der Waals surface area contributed by atoms with E-state index >= 15 is 0 Å². The average molecular weight is 351 g/mol. The molecular weight excluding hydrogens is 322 g/mol. The SMILES string of the molecule is Cc1ccc([C@H](CNC(=O)c2ccccc2C)N2CCN(C)CC2)cc1. The van der Waals surface area contributed by atoms with E-state index in [1.165, 1.54) is 11.1 Å². The lowest BCUT2D eigenvalue weighted by atomic mass is 10.0. The van der Waals surface area contributed by atoms with Crippen molar-refractivity contribution < 1.29 is 4.79 Å². The highest BCUT2D eigenvalue weighted by molar-refractivity contribution is 5.95. The predicted octanol–water partition coefficient (Wildman–Crippen LogP) is 3.02. The number of carbonyl (C=O) groups is 1. The van der Waals surface area contributed by atoms with Gasteiger partial charge in [-0.25, -0.2) is 0 Å². The van der Waals surface area contributed by atoms with Crippen molar-refractivity contribution in [3.8, 4) is 0 Å². The molecule has 0 unspecified atom stereocenters. The molecule has 1 N–H and O–H groups in total. The van der Waals surface area contributed by atoms with Crippen LogP contribution in [0.25, 0.3) is 0 Å². The molecule has 3 rings (SSSR count). The summed E-state index contributed by atoms with van der Waals surface area (Å²) in [5.41, 5.74) is 4.30. The number of aryl methyl sites for hydroxylation is 2. The molecular formula is C22H29N3O. The number of nitrogens with zero attached hydrogens (tertiary/aromatic N) is 2. The zero-order valence-corrected chi connectivity index (χ0v) is 16.0. The van der Waals surface area contributed by atoms with Crippen LogP contribution < -0.4 is 5.32 Å². The molecule has 2 aromatic rings. The summed E-state index contributed by atoms with van der Waals surface area (Å²) in [6.07, 6.45) is 0. The number of amides is 1. The van der Waals surface area contributed by atoms with Crippen molar-refractivity contribution in [2.45, 2.75) is 19.9 Å². The van der Waals surface area contributed by atoms with Crippen molar-refractivity contribution in [1.82, 2.24) is 15.1 Å². The Kier molecular flexibility index (Phi) is 6.07. The van der Waals surface area contributed by atoms with E-state index in [1.54, 1.807) is 0 Å². The van der Waals surface area contributed by atoms with Crippen LogP contribution in [0.5, 0.6) is 0 Å². The molecule has 1 heterocycles. The first-order valence-electron chi connectivity index (χ1n) is 9.37. The van der Waals surface area contributed by atoms with Crippen LogP contribution >= 0.6 is 0 Å². The lowest BCUT2D eigenvalue weighted by Crippen LogP contribution is -2.48. The summed E-state index contributed by atoms with van der Waals surface area (Å²) in [6.45, 7) is 8.88. The Morgan fingerprint density at radius 2 is 1.65 bits per heavy atom. The smallest absolute Gasteiger partial charge is 0.251 e. The molecule has 138 valence electrons. The third-order valence-corrected chi connectivity index (χ3v) is 5.29. The number of piperazine rings is 1. The molecule has 1 aliphatic heterocycles. The first-order chi connectivity index (χ1) is 12.5. The second kappa shape index (κ2) is 8.47. The highest BCUT2D eigenvalue weighted by atomic mass is 16.1. The molecule has 26 heavy (non-hydrogen) atoms. The first kappa shape index (κ1) is 18.6. The maximum atomic E-state index is 12.7. The van der Waals surface area contributed by atoms with Crippen LogP contribution in [0.2, 0.25) is 0 Å². The Balaban J connectivity index is 1.74. The summed E-state index contributed by atoms with van der Waals surface area (Å²) in [5.74, 6) is 0.00865. The lowest BCUT2D eigenvalue weighted by molar-refractivity contribution is 0.0885. The van der Waals surface area contributed by atoms with E-state index in [1.807, 2.05) is 31.2 Å². The number of likely N-dealkylation sites (N-methyl/N-ethyl adjacent to an activating group) is 1. The second-order valence-electron chi connectivity index (χ2n) is 7.29. The van der Waals surface area contributed by atoms with Crippen LogP contribution in [0.1, 0.15) is 33.1 Å². The third-order valence-electron chi connectivity index (χ3n) is 5.29. The monoisotopic (exact) mass is 351 g/mol. The minimum absolute atomic E-state index is 0.00865. The van der Waals surface area contributed by atoms with Gasteiger partial charge in [-0.2, -0.15) is 0 Å². The van der Waals surface area contributed by atoms with Gasteiger partial charge in [-0.05, 0) is 38.1 Å². The molecule has 0 radical (unpaired) electrons. The summed E-state index contributed by atoms with van der Waals surface area (Å²) in [7, 11) is 2.16. The number of carbonyl (C=O) groups excluding carboxylic acids is 1. The van der Waals surface area contributed by atoms with E-state index in [0.717, 1.165) is 37.3 Å². The van der Waals surface area contributed by atoms with Crippen molar-refractivity contribution in [3.05, 3.63) is 70.8 Å². The van der Waals surface area contributed by atoms with Crippen LogP contribution in [0.4, 0.5) is 0 Å². The molecule has 1 saturated heterocycles. The van der Waals surface area contributed by atoms with Gasteiger partial charge < -0.3 is 10.2 Å². The summed E-state index contributed by atoms with van der Waals surface area (Å²) in [4.78, 5) is 17.5. The van der Waals surface area contributed by atoms with Crippen LogP contribution in [-0.4, -0.2) is 55.5 Å². The Morgan fingerprint density at radius 1 is 1.00 bits per heavy atom. The third kappa shape index (κ3) is 4.51. The standard InChI is InChI=1S/C22H29N3O/c1-17-8-10-19(11-9-17)21(25-14-12-24(3)13-15-25)16-23-22(26)20-7-5-4-6-18(20)2/h4-11,21H,12-16H2,1-3H3,(H,23,26)/t21-/m0/s1. The molecule has 4 nitrogen and oxygen atoms in total. The molecule has 2 aromatic carbocycles. The fraction of sp³-hybridized carbons (Fsp3) is 0.409. The Labute approximate surface area is 156 Å². The predicted molar refractivity (Wildman–Crippen MR) is 107 cm³/mol. The van der Waals surface area contributed by atoms with Crippen LogP contribution in [-0.2, 0) is 0 Å². The van der Waals surface area contributed by atoms with Crippen molar-refractivity contribution >= 4 is 5.91 Å². The molecule has 0 aromatic heterocycles. The van der Waals surface area contributed by atoms with Gasteiger partial charge in [0.25, 0.3) is 5.91 Å². The van der Waals surface area contributed by atoms with E-state index in [4.69, 9.17) is 0 Å². The molecule has 0 aliphatic carbocycles. The average Bonchev–Trinajstić information content (AvgIpc) is 2.65. The number of hydrogen-bond acceptors (Lipinski definition) is 3. The fourth-order valence-electron chi connectivity index (χ4n) is 3.49. The van der Waals surface area contributed by atoms with Crippen LogP contribution in [0.15, 0.2) is 48.5 Å². The molecule has 0 spiro atoms. The number of nitrogens with one attached hydrogen (secondary N) is 1. The largest absolute Gasteiger partial charge is 0.350 e. The molecule has 1 amide bonds. The van der Waals surface area contributed by atoms with Gasteiger partial charge >= 0.3 is 0 Å². The number of benzene rings is 2. The van der Waals surface area contributed by atoms with Gasteiger partial charge in [0, 0.05) is 38.3 Å². The van der Waals surface area contributed by atoms with Crippen molar-refractivity contribution in [2.75, 3.05) is 39.8 Å². The minimum atomic E-state index is 0.00865. The zero-order chi connectivity index (χ0) is 18.5. The quantitative estimate of drug-likeness (QED) is 0.899. The Hall–Kier alpha value is -2.17. The summed E-state index contributed by atoms with van der Waals surface area (Å²) >= 11 is 0. The zero-order valence-electron chi connectivity index (χ0n) is 16.0. The van der Waals surface area contributed by atoms with Gasteiger partial charge in [0.15, 0.2) is 0 Å². The van der Waals surface area contributed by atoms with E-state index < -0.39 is 0 Å². The van der Waals surface area contributed by atoms with Gasteiger partial charge in [-0.1, -0.05) is 48.0 Å². The molecule has 1 aliphatic rings. The highest BCUT2D eigenvalue weighted by Crippen LogP contribution is 2.22. The molecule has 4 heteroatoms. The van der Waals surface area contributed by atoms with Gasteiger partial charge in [0.05, 0.1) is 6.04 Å². The van der Waals surface area contributed by atoms with E-state index in [-0.39, 0.29) is 11.9 Å². The van der Waals surface area contributed by atoms with Gasteiger partial charge in [-0.15, -0.1) is 0 Å². The topological polar surface area (TPSA) is 35.6 Å². The van der Waals surface area contributed by atoms with Crippen LogP contribution in [0, 0.1) is 13.8 Å². The number of hydrogen-bond donors (Lipinski definition) is 1. The lowest BCUT2D eigenvalue weighted by Gasteiger charge is -2.38. The van der Waals surface area contributed by atoms with E-state index in [2.05, 4.69) is 53.4 Å². The maximum absolute atomic E-state index is 12.7. The first-order valence-corrected chi connectivity index (χ1v) is 9.37. The normalized spacial score (nSPS) is 17.0. The minimum Gasteiger partial charge on any atom is -0.350 e. The molecule has 0 saturated carbocycles. The summed E-state index contributed by atoms with van der Waals surface area (Å²) in [6, 6.07) is 16.6. The summed E-state index contributed by atoms with van der Waals surface area (Å²) < 4.78 is 0. The Morgan fingerprint density at radius 3 is 2.31 bits per heavy atom. The van der Waals surface area contributed by atoms with E-state index in [0.29, 0.717) is 6.54 Å². The Bertz CT molecular complexity index is 733. The molecule has 1 fully saturated rings. The van der Waals surface area contributed by atoms with Crippen molar-refractivity contribution in [3.63, 3.8) is 0 Å². The second-order valence-corrected chi connectivity index (χ2v) is 7.29.